The first kappa shape index (κ1) is 19.0. The molecule has 5 nitrogen and oxygen atoms in total. The number of aliphatic carboxylic acids is 1. The molecule has 0 spiro atoms. The second-order valence-electron chi connectivity index (χ2n) is 7.90. The average molecular weight is 418 g/mol. The molecule has 1 unspecified atom stereocenters. The van der Waals surface area contributed by atoms with Crippen LogP contribution in [-0.2, 0) is 11.2 Å². The van der Waals surface area contributed by atoms with Crippen LogP contribution in [0.4, 0.5) is 5.82 Å². The summed E-state index contributed by atoms with van der Waals surface area (Å²) in [6.45, 7) is 2.15. The molecule has 2 aromatic carbocycles. The summed E-state index contributed by atoms with van der Waals surface area (Å²) in [6, 6.07) is 14.0. The lowest BCUT2D eigenvalue weighted by Crippen LogP contribution is -2.30. The fourth-order valence-corrected chi connectivity index (χ4v) is 5.23. The number of nitrogens with one attached hydrogen (secondary N) is 1. The number of hydrogen-bond acceptors (Lipinski definition) is 5. The van der Waals surface area contributed by atoms with Gasteiger partial charge in [0.1, 0.15) is 23.0 Å². The standard InChI is InChI=1S/C24H23N3O2S/c1-2-19-20(17-9-5-7-15-6-3-4-8-16(15)17)21-22(25-13-26-23(21)30-19)27-18(24(28)29)12-14-10-11-14/h3-9,13-14,18H,2,10-12H2,1H3,(H,28,29)(H,25,26,27). The largest absolute Gasteiger partial charge is 0.480 e. The van der Waals surface area contributed by atoms with Crippen molar-refractivity contribution in [2.75, 3.05) is 5.32 Å². The minimum atomic E-state index is -0.827. The highest BCUT2D eigenvalue weighted by Gasteiger charge is 2.30. The number of aromatic nitrogens is 2. The molecule has 4 aromatic rings. The van der Waals surface area contributed by atoms with Crippen LogP contribution in [0, 0.1) is 5.92 Å². The van der Waals surface area contributed by atoms with Gasteiger partial charge in [-0.3, -0.25) is 0 Å². The molecule has 0 radical (unpaired) electrons. The normalized spacial score (nSPS) is 14.8. The number of rotatable bonds is 7. The second kappa shape index (κ2) is 7.69. The molecule has 0 saturated heterocycles. The van der Waals surface area contributed by atoms with Crippen LogP contribution in [0.25, 0.3) is 32.1 Å². The first-order valence-corrected chi connectivity index (χ1v) is 11.2. The molecule has 0 bridgehead atoms. The van der Waals surface area contributed by atoms with Gasteiger partial charge in [-0.15, -0.1) is 11.3 Å². The van der Waals surface area contributed by atoms with E-state index in [0.29, 0.717) is 18.2 Å². The summed E-state index contributed by atoms with van der Waals surface area (Å²) in [4.78, 5) is 23.0. The second-order valence-corrected chi connectivity index (χ2v) is 8.98. The number of carbonyl (C=O) groups is 1. The van der Waals surface area contributed by atoms with Gasteiger partial charge in [-0.05, 0) is 35.1 Å². The SMILES string of the molecule is CCc1sc2ncnc(NC(CC3CC3)C(=O)O)c2c1-c1cccc2ccccc12. The Hall–Kier alpha value is -2.99. The van der Waals surface area contributed by atoms with Crippen molar-refractivity contribution in [2.45, 2.75) is 38.6 Å². The molecule has 1 aliphatic rings. The monoisotopic (exact) mass is 417 g/mol. The summed E-state index contributed by atoms with van der Waals surface area (Å²) < 4.78 is 0. The van der Waals surface area contributed by atoms with E-state index in [2.05, 4.69) is 58.6 Å². The van der Waals surface area contributed by atoms with E-state index in [1.54, 1.807) is 11.3 Å². The number of fused-ring (bicyclic) bond motifs is 2. The van der Waals surface area contributed by atoms with Crippen molar-refractivity contribution in [1.29, 1.82) is 0 Å². The number of thiophene rings is 1. The van der Waals surface area contributed by atoms with Gasteiger partial charge in [0.05, 0.1) is 5.39 Å². The van der Waals surface area contributed by atoms with Gasteiger partial charge in [0.2, 0.25) is 0 Å². The molecule has 0 aliphatic heterocycles. The van der Waals surface area contributed by atoms with Crippen molar-refractivity contribution in [1.82, 2.24) is 9.97 Å². The molecule has 30 heavy (non-hydrogen) atoms. The Bertz CT molecular complexity index is 1240. The van der Waals surface area contributed by atoms with Gasteiger partial charge in [-0.1, -0.05) is 62.2 Å². The fraction of sp³-hybridized carbons (Fsp3) is 0.292. The highest BCUT2D eigenvalue weighted by atomic mass is 32.1. The first-order chi connectivity index (χ1) is 14.7. The molecule has 1 saturated carbocycles. The Morgan fingerprint density at radius 2 is 2.00 bits per heavy atom. The fourth-order valence-electron chi connectivity index (χ4n) is 4.14. The summed E-state index contributed by atoms with van der Waals surface area (Å²) in [7, 11) is 0. The van der Waals surface area contributed by atoms with Crippen LogP contribution < -0.4 is 5.32 Å². The zero-order chi connectivity index (χ0) is 20.7. The van der Waals surface area contributed by atoms with Crippen LogP contribution >= 0.6 is 11.3 Å². The molecule has 2 N–H and O–H groups in total. The van der Waals surface area contributed by atoms with E-state index < -0.39 is 12.0 Å². The van der Waals surface area contributed by atoms with E-state index in [1.165, 1.54) is 22.0 Å². The highest BCUT2D eigenvalue weighted by molar-refractivity contribution is 7.19. The van der Waals surface area contributed by atoms with Crippen LogP contribution in [0.1, 0.15) is 31.1 Å². The molecule has 6 heteroatoms. The molecule has 2 aromatic heterocycles. The van der Waals surface area contributed by atoms with E-state index in [1.807, 2.05) is 6.07 Å². The molecule has 1 atom stereocenters. The molecule has 152 valence electrons. The van der Waals surface area contributed by atoms with Crippen LogP contribution in [0.5, 0.6) is 0 Å². The number of hydrogen-bond donors (Lipinski definition) is 2. The minimum Gasteiger partial charge on any atom is -0.480 e. The van der Waals surface area contributed by atoms with E-state index in [9.17, 15) is 9.90 Å². The van der Waals surface area contributed by atoms with Crippen LogP contribution in [0.2, 0.25) is 0 Å². The van der Waals surface area contributed by atoms with Gasteiger partial charge >= 0.3 is 5.97 Å². The molecule has 2 heterocycles. The highest BCUT2D eigenvalue weighted by Crippen LogP contribution is 2.44. The number of nitrogens with zero attached hydrogens (tertiary/aromatic N) is 2. The van der Waals surface area contributed by atoms with Gasteiger partial charge in [-0.25, -0.2) is 14.8 Å². The third kappa shape index (κ3) is 3.41. The van der Waals surface area contributed by atoms with Crippen molar-refractivity contribution in [3.05, 3.63) is 53.7 Å². The lowest BCUT2D eigenvalue weighted by molar-refractivity contribution is -0.138. The summed E-state index contributed by atoms with van der Waals surface area (Å²) >= 11 is 1.66. The van der Waals surface area contributed by atoms with Crippen molar-refractivity contribution in [2.24, 2.45) is 5.92 Å². The maximum Gasteiger partial charge on any atom is 0.326 e. The molecular weight excluding hydrogens is 394 g/mol. The van der Waals surface area contributed by atoms with Crippen LogP contribution in [0.3, 0.4) is 0 Å². The summed E-state index contributed by atoms with van der Waals surface area (Å²) in [5.74, 6) is 0.292. The van der Waals surface area contributed by atoms with Crippen molar-refractivity contribution >= 4 is 44.1 Å². The van der Waals surface area contributed by atoms with Gasteiger partial charge < -0.3 is 10.4 Å². The Morgan fingerprint density at radius 1 is 1.20 bits per heavy atom. The van der Waals surface area contributed by atoms with Gasteiger partial charge in [-0.2, -0.15) is 0 Å². The van der Waals surface area contributed by atoms with E-state index >= 15 is 0 Å². The third-order valence-corrected chi connectivity index (χ3v) is 7.06. The maximum absolute atomic E-state index is 11.9. The summed E-state index contributed by atoms with van der Waals surface area (Å²) in [6.07, 6.45) is 5.27. The molecule has 1 aliphatic carbocycles. The van der Waals surface area contributed by atoms with E-state index in [0.717, 1.165) is 40.6 Å². The Balaban J connectivity index is 1.70. The van der Waals surface area contributed by atoms with Crippen LogP contribution in [0.15, 0.2) is 48.8 Å². The van der Waals surface area contributed by atoms with Gasteiger partial charge in [0, 0.05) is 10.4 Å². The van der Waals surface area contributed by atoms with Gasteiger partial charge in [0.25, 0.3) is 0 Å². The number of benzene rings is 2. The minimum absolute atomic E-state index is 0.502. The summed E-state index contributed by atoms with van der Waals surface area (Å²) in [5.41, 5.74) is 2.26. The van der Waals surface area contributed by atoms with E-state index in [4.69, 9.17) is 0 Å². The number of carboxylic acids is 1. The Kier molecular flexibility index (Phi) is 4.87. The zero-order valence-corrected chi connectivity index (χ0v) is 17.6. The Labute approximate surface area is 178 Å². The van der Waals surface area contributed by atoms with Crippen molar-refractivity contribution < 1.29 is 9.90 Å². The summed E-state index contributed by atoms with van der Waals surface area (Å²) in [5, 5.41) is 16.3. The lowest BCUT2D eigenvalue weighted by atomic mass is 9.96. The predicted molar refractivity (Wildman–Crippen MR) is 122 cm³/mol. The number of aryl methyl sites for hydroxylation is 1. The topological polar surface area (TPSA) is 75.1 Å². The zero-order valence-electron chi connectivity index (χ0n) is 16.8. The maximum atomic E-state index is 11.9. The molecule has 5 rings (SSSR count). The number of carboxylic acid groups (broad SMARTS) is 1. The average Bonchev–Trinajstić information content (AvgIpc) is 3.50. The first-order valence-electron chi connectivity index (χ1n) is 10.4. The quantitative estimate of drug-likeness (QED) is 0.401. The van der Waals surface area contributed by atoms with E-state index in [-0.39, 0.29) is 0 Å². The smallest absolute Gasteiger partial charge is 0.326 e. The predicted octanol–water partition coefficient (Wildman–Crippen LogP) is 5.74. The van der Waals surface area contributed by atoms with Crippen molar-refractivity contribution in [3.8, 4) is 11.1 Å². The molecule has 0 amide bonds. The van der Waals surface area contributed by atoms with Crippen molar-refractivity contribution in [3.63, 3.8) is 0 Å². The van der Waals surface area contributed by atoms with Crippen LogP contribution in [-0.4, -0.2) is 27.1 Å². The molecule has 1 fully saturated rings. The number of anilines is 1. The van der Waals surface area contributed by atoms with Gasteiger partial charge in [0.15, 0.2) is 0 Å². The lowest BCUT2D eigenvalue weighted by Gasteiger charge is -2.16. The molecular formula is C24H23N3O2S. The Morgan fingerprint density at radius 3 is 2.77 bits per heavy atom. The third-order valence-electron chi connectivity index (χ3n) is 5.82.